The van der Waals surface area contributed by atoms with Crippen LogP contribution in [0.25, 0.3) is 11.1 Å². The lowest BCUT2D eigenvalue weighted by Gasteiger charge is -2.14. The fourth-order valence-electron chi connectivity index (χ4n) is 6.23. The molecular formula is C43H64N2. The van der Waals surface area contributed by atoms with E-state index in [4.69, 9.17) is 5.53 Å². The highest BCUT2D eigenvalue weighted by atomic mass is 14.8. The quantitative estimate of drug-likeness (QED) is 0.0242. The van der Waals surface area contributed by atoms with Crippen molar-refractivity contribution in [2.24, 2.45) is 0 Å². The molecule has 0 unspecified atom stereocenters. The van der Waals surface area contributed by atoms with Crippen molar-refractivity contribution in [2.75, 3.05) is 0 Å². The number of nitrogens with zero attached hydrogens (tertiary/aromatic N) is 2. The minimum atomic E-state index is 1.01. The molecule has 0 aliphatic carbocycles. The summed E-state index contributed by atoms with van der Waals surface area (Å²) < 4.78 is 0. The van der Waals surface area contributed by atoms with Gasteiger partial charge in [-0.1, -0.05) is 184 Å². The van der Waals surface area contributed by atoms with Crippen LogP contribution in [0.3, 0.4) is 0 Å². The maximum atomic E-state index is 8.90. The van der Waals surface area contributed by atoms with Gasteiger partial charge in [-0.3, -0.25) is 0 Å². The zero-order valence-electron chi connectivity index (χ0n) is 29.1. The number of rotatable bonds is 27. The van der Waals surface area contributed by atoms with Crippen molar-refractivity contribution >= 4 is 11.4 Å². The maximum Gasteiger partial charge on any atom is 0.299 e. The van der Waals surface area contributed by atoms with E-state index >= 15 is 0 Å². The van der Waals surface area contributed by atoms with Gasteiger partial charge in [-0.05, 0) is 72.4 Å². The molecule has 2 aromatic carbocycles. The van der Waals surface area contributed by atoms with Crippen LogP contribution in [-0.4, -0.2) is 10.7 Å². The van der Waals surface area contributed by atoms with Gasteiger partial charge in [-0.15, -0.1) is 4.79 Å². The third-order valence-electron chi connectivity index (χ3n) is 8.97. The molecular weight excluding hydrogens is 544 g/mol. The number of hydrogen-bond donors (Lipinski definition) is 0. The minimum absolute atomic E-state index is 1.01. The number of benzene rings is 2. The summed E-state index contributed by atoms with van der Waals surface area (Å²) in [6.45, 7) is 4.53. The topological polar surface area (TPSA) is 36.4 Å². The SMILES string of the molecule is CCCCCCCCCCCCCCCCCCCC=CCCc1ccccc1C(=CC=C=[N+]=[N-])c1cccc(CCCC)c1. The van der Waals surface area contributed by atoms with E-state index in [1.807, 2.05) is 6.08 Å². The predicted molar refractivity (Wildman–Crippen MR) is 198 cm³/mol. The van der Waals surface area contributed by atoms with Gasteiger partial charge in [-0.2, -0.15) is 0 Å². The third kappa shape index (κ3) is 18.6. The average Bonchev–Trinajstić information content (AvgIpc) is 3.07. The van der Waals surface area contributed by atoms with Gasteiger partial charge in [0.25, 0.3) is 5.87 Å². The summed E-state index contributed by atoms with van der Waals surface area (Å²) >= 11 is 0. The molecule has 0 saturated heterocycles. The van der Waals surface area contributed by atoms with Crippen LogP contribution in [0.5, 0.6) is 0 Å². The smallest absolute Gasteiger partial charge is 0.299 e. The van der Waals surface area contributed by atoms with Crippen LogP contribution in [0.4, 0.5) is 0 Å². The second-order valence-corrected chi connectivity index (χ2v) is 12.9. The zero-order chi connectivity index (χ0) is 32.0. The zero-order valence-corrected chi connectivity index (χ0v) is 29.1. The average molecular weight is 609 g/mol. The fraction of sp³-hybridized carbons (Fsp3) is 0.581. The Labute approximate surface area is 277 Å². The first-order chi connectivity index (χ1) is 22.3. The van der Waals surface area contributed by atoms with E-state index in [-0.39, 0.29) is 0 Å². The molecule has 0 aliphatic rings. The summed E-state index contributed by atoms with van der Waals surface area (Å²) in [5.74, 6) is 2.56. The molecule has 0 saturated carbocycles. The van der Waals surface area contributed by atoms with E-state index < -0.39 is 0 Å². The number of aryl methyl sites for hydroxylation is 2. The molecule has 0 radical (unpaired) electrons. The first-order valence-corrected chi connectivity index (χ1v) is 18.8. The van der Waals surface area contributed by atoms with E-state index in [1.165, 1.54) is 151 Å². The lowest BCUT2D eigenvalue weighted by molar-refractivity contribution is 0.00805. The third-order valence-corrected chi connectivity index (χ3v) is 8.97. The van der Waals surface area contributed by atoms with Gasteiger partial charge < -0.3 is 5.53 Å². The Morgan fingerprint density at radius 3 is 1.82 bits per heavy atom. The van der Waals surface area contributed by atoms with Crippen LogP contribution < -0.4 is 0 Å². The van der Waals surface area contributed by atoms with Crippen LogP contribution in [-0.2, 0) is 12.8 Å². The van der Waals surface area contributed by atoms with Crippen molar-refractivity contribution < 1.29 is 4.79 Å². The Morgan fingerprint density at radius 1 is 0.622 bits per heavy atom. The molecule has 2 rings (SSSR count). The number of unbranched alkanes of at least 4 members (excludes halogenated alkanes) is 18. The van der Waals surface area contributed by atoms with Crippen LogP contribution in [0.1, 0.15) is 171 Å². The molecule has 2 nitrogen and oxygen atoms in total. The van der Waals surface area contributed by atoms with E-state index in [9.17, 15) is 0 Å². The standard InChI is InChI=1S/C43H64N2/c1-3-5-7-8-9-10-11-12-13-14-15-16-17-18-19-20-21-22-23-24-25-32-40-33-26-27-35-42(40)43(36-29-37-45-44)41-34-28-31-39(38-41)30-6-4-2/h23-24,26-29,31,33-36,38H,3-22,25,30,32H2,1-2H3. The molecule has 0 N–H and O–H groups in total. The van der Waals surface area contributed by atoms with Gasteiger partial charge >= 0.3 is 0 Å². The highest BCUT2D eigenvalue weighted by molar-refractivity contribution is 5.83. The van der Waals surface area contributed by atoms with Gasteiger partial charge in [0.1, 0.15) is 0 Å². The highest BCUT2D eigenvalue weighted by Crippen LogP contribution is 2.28. The monoisotopic (exact) mass is 609 g/mol. The minimum Gasteiger partial charge on any atom is -0.348 e. The molecule has 2 aromatic rings. The van der Waals surface area contributed by atoms with Crippen molar-refractivity contribution in [2.45, 2.75) is 162 Å². The van der Waals surface area contributed by atoms with Gasteiger partial charge in [0.2, 0.25) is 0 Å². The molecule has 0 aromatic heterocycles. The van der Waals surface area contributed by atoms with Gasteiger partial charge in [0, 0.05) is 0 Å². The van der Waals surface area contributed by atoms with Crippen molar-refractivity contribution in [3.8, 4) is 0 Å². The summed E-state index contributed by atoms with van der Waals surface area (Å²) in [6, 6.07) is 17.6. The largest absolute Gasteiger partial charge is 0.348 e. The molecule has 0 aliphatic heterocycles. The Hall–Kier alpha value is -2.92. The normalized spacial score (nSPS) is 11.6. The van der Waals surface area contributed by atoms with E-state index in [0.29, 0.717) is 0 Å². The molecule has 0 atom stereocenters. The van der Waals surface area contributed by atoms with Crippen LogP contribution in [0.15, 0.2) is 72.8 Å². The van der Waals surface area contributed by atoms with E-state index in [1.54, 1.807) is 6.08 Å². The second-order valence-electron chi connectivity index (χ2n) is 12.9. The Balaban J connectivity index is 1.64. The van der Waals surface area contributed by atoms with Gasteiger partial charge in [0.15, 0.2) is 0 Å². The van der Waals surface area contributed by atoms with Crippen molar-refractivity contribution in [1.82, 2.24) is 0 Å². The summed E-state index contributed by atoms with van der Waals surface area (Å²) in [6.07, 6.45) is 39.4. The summed E-state index contributed by atoms with van der Waals surface area (Å²) in [5.41, 5.74) is 15.2. The molecule has 0 spiro atoms. The number of allylic oxidation sites excluding steroid dienone is 4. The number of hydrogen-bond acceptors (Lipinski definition) is 0. The summed E-state index contributed by atoms with van der Waals surface area (Å²) in [5, 5.41) is 0. The van der Waals surface area contributed by atoms with E-state index in [0.717, 1.165) is 24.8 Å². The fourth-order valence-corrected chi connectivity index (χ4v) is 6.23. The molecule has 2 heteroatoms. The molecule has 246 valence electrons. The van der Waals surface area contributed by atoms with Crippen LogP contribution in [0, 0.1) is 0 Å². The second kappa shape index (κ2) is 27.4. The van der Waals surface area contributed by atoms with Gasteiger partial charge in [-0.25, -0.2) is 0 Å². The van der Waals surface area contributed by atoms with Crippen LogP contribution >= 0.6 is 0 Å². The molecule has 0 heterocycles. The highest BCUT2D eigenvalue weighted by Gasteiger charge is 2.10. The van der Waals surface area contributed by atoms with Crippen molar-refractivity contribution in [3.05, 3.63) is 101 Å². The Kier molecular flexibility index (Phi) is 23.3. The maximum absolute atomic E-state index is 8.90. The lowest BCUT2D eigenvalue weighted by Crippen LogP contribution is -1.96. The molecule has 0 bridgehead atoms. The molecule has 0 fully saturated rings. The lowest BCUT2D eigenvalue weighted by atomic mass is 9.90. The Morgan fingerprint density at radius 2 is 1.20 bits per heavy atom. The summed E-state index contributed by atoms with van der Waals surface area (Å²) in [4.78, 5) is 3.05. The van der Waals surface area contributed by atoms with E-state index in [2.05, 4.69) is 85.2 Å². The molecule has 45 heavy (non-hydrogen) atoms. The molecule has 0 amide bonds. The predicted octanol–water partition coefficient (Wildman–Crippen LogP) is 13.4. The first-order valence-electron chi connectivity index (χ1n) is 18.8. The van der Waals surface area contributed by atoms with Gasteiger partial charge in [0.05, 0.1) is 6.08 Å². The van der Waals surface area contributed by atoms with Crippen molar-refractivity contribution in [3.63, 3.8) is 0 Å². The summed E-state index contributed by atoms with van der Waals surface area (Å²) in [7, 11) is 0. The first kappa shape index (κ1) is 38.3. The van der Waals surface area contributed by atoms with Crippen LogP contribution in [0.2, 0.25) is 0 Å². The van der Waals surface area contributed by atoms with Crippen molar-refractivity contribution in [1.29, 1.82) is 0 Å². The Bertz CT molecular complexity index is 1160.